The minimum Gasteiger partial charge on any atom is -0.489 e. The van der Waals surface area contributed by atoms with Crippen LogP contribution in [0, 0.1) is 13.8 Å². The largest absolute Gasteiger partial charge is 0.489 e. The number of benzene rings is 2. The monoisotopic (exact) mass is 325 g/mol. The lowest BCUT2D eigenvalue weighted by Gasteiger charge is -2.14. The Hall–Kier alpha value is -1.56. The van der Waals surface area contributed by atoms with Crippen molar-refractivity contribution in [1.29, 1.82) is 0 Å². The highest BCUT2D eigenvalue weighted by molar-refractivity contribution is 7.89. The van der Waals surface area contributed by atoms with Crippen LogP contribution in [0.1, 0.15) is 16.7 Å². The molecular formula is C15H16ClNO3S. The summed E-state index contributed by atoms with van der Waals surface area (Å²) in [6, 6.07) is 10.5. The zero-order chi connectivity index (χ0) is 15.6. The van der Waals surface area contributed by atoms with E-state index in [1.807, 2.05) is 18.2 Å². The molecule has 112 valence electrons. The molecular weight excluding hydrogens is 310 g/mol. The quantitative estimate of drug-likeness (QED) is 0.938. The Bertz CT molecular complexity index is 772. The van der Waals surface area contributed by atoms with Crippen molar-refractivity contribution in [2.24, 2.45) is 5.14 Å². The van der Waals surface area contributed by atoms with Crippen LogP contribution in [0.5, 0.6) is 5.75 Å². The first-order valence-electron chi connectivity index (χ1n) is 6.30. The molecule has 0 aliphatic heterocycles. The first-order chi connectivity index (χ1) is 9.80. The predicted octanol–water partition coefficient (Wildman–Crippen LogP) is 3.18. The second-order valence-electron chi connectivity index (χ2n) is 4.74. The van der Waals surface area contributed by atoms with Crippen LogP contribution in [-0.2, 0) is 16.6 Å². The summed E-state index contributed by atoms with van der Waals surface area (Å²) in [7, 11) is -3.72. The minimum atomic E-state index is -3.72. The summed E-state index contributed by atoms with van der Waals surface area (Å²) in [6.07, 6.45) is 0. The summed E-state index contributed by atoms with van der Waals surface area (Å²) >= 11 is 6.07. The predicted molar refractivity (Wildman–Crippen MR) is 83.1 cm³/mol. The van der Waals surface area contributed by atoms with Crippen molar-refractivity contribution >= 4 is 21.6 Å². The molecule has 2 aromatic rings. The van der Waals surface area contributed by atoms with Gasteiger partial charge >= 0.3 is 0 Å². The van der Waals surface area contributed by atoms with Gasteiger partial charge in [0.2, 0.25) is 10.0 Å². The molecule has 0 unspecified atom stereocenters. The van der Waals surface area contributed by atoms with Crippen LogP contribution in [0.4, 0.5) is 0 Å². The maximum absolute atomic E-state index is 11.5. The first-order valence-corrected chi connectivity index (χ1v) is 8.22. The number of hydrogen-bond donors (Lipinski definition) is 1. The Morgan fingerprint density at radius 3 is 2.38 bits per heavy atom. The van der Waals surface area contributed by atoms with Gasteiger partial charge in [0.15, 0.2) is 0 Å². The molecule has 21 heavy (non-hydrogen) atoms. The van der Waals surface area contributed by atoms with Crippen molar-refractivity contribution in [3.05, 3.63) is 58.1 Å². The van der Waals surface area contributed by atoms with Crippen LogP contribution >= 0.6 is 11.6 Å². The van der Waals surface area contributed by atoms with Gasteiger partial charge in [0.05, 0.1) is 4.90 Å². The summed E-state index contributed by atoms with van der Waals surface area (Å²) in [6.45, 7) is 3.82. The fourth-order valence-corrected chi connectivity index (χ4v) is 3.03. The van der Waals surface area contributed by atoms with Gasteiger partial charge < -0.3 is 4.74 Å². The number of rotatable bonds is 4. The Morgan fingerprint density at radius 1 is 1.10 bits per heavy atom. The molecule has 0 atom stereocenters. The average Bonchev–Trinajstić information content (AvgIpc) is 2.40. The van der Waals surface area contributed by atoms with E-state index in [0.29, 0.717) is 22.9 Å². The van der Waals surface area contributed by atoms with Gasteiger partial charge in [-0.2, -0.15) is 0 Å². The average molecular weight is 326 g/mol. The zero-order valence-corrected chi connectivity index (χ0v) is 13.3. The highest BCUT2D eigenvalue weighted by Crippen LogP contribution is 2.27. The van der Waals surface area contributed by atoms with Crippen LogP contribution in [0.3, 0.4) is 0 Å². The van der Waals surface area contributed by atoms with E-state index in [-0.39, 0.29) is 4.90 Å². The van der Waals surface area contributed by atoms with Gasteiger partial charge in [-0.3, -0.25) is 0 Å². The zero-order valence-electron chi connectivity index (χ0n) is 11.8. The van der Waals surface area contributed by atoms with E-state index in [1.165, 1.54) is 6.07 Å². The molecule has 0 heterocycles. The second-order valence-corrected chi connectivity index (χ2v) is 6.67. The van der Waals surface area contributed by atoms with E-state index in [4.69, 9.17) is 21.5 Å². The molecule has 0 amide bonds. The lowest BCUT2D eigenvalue weighted by Crippen LogP contribution is -2.14. The smallest absolute Gasteiger partial charge is 0.238 e. The highest BCUT2D eigenvalue weighted by Gasteiger charge is 2.15. The number of hydrogen-bond acceptors (Lipinski definition) is 3. The first kappa shape index (κ1) is 15.8. The third kappa shape index (κ3) is 3.56. The molecule has 0 aliphatic rings. The van der Waals surface area contributed by atoms with Crippen molar-refractivity contribution in [2.45, 2.75) is 25.3 Å². The van der Waals surface area contributed by atoms with E-state index in [1.54, 1.807) is 26.0 Å². The number of halogens is 1. The van der Waals surface area contributed by atoms with Gasteiger partial charge in [0, 0.05) is 10.6 Å². The van der Waals surface area contributed by atoms with Gasteiger partial charge in [-0.1, -0.05) is 29.8 Å². The fourth-order valence-electron chi connectivity index (χ4n) is 2.01. The molecule has 6 heteroatoms. The molecule has 0 saturated heterocycles. The van der Waals surface area contributed by atoms with Gasteiger partial charge in [0.25, 0.3) is 0 Å². The molecule has 2 aromatic carbocycles. The van der Waals surface area contributed by atoms with Crippen molar-refractivity contribution in [3.63, 3.8) is 0 Å². The van der Waals surface area contributed by atoms with Gasteiger partial charge in [-0.25, -0.2) is 13.6 Å². The molecule has 4 nitrogen and oxygen atoms in total. The third-order valence-corrected chi connectivity index (χ3v) is 4.76. The Labute approximate surface area is 129 Å². The summed E-state index contributed by atoms with van der Waals surface area (Å²) in [4.78, 5) is 0.116. The number of ether oxygens (including phenoxy) is 1. The molecule has 0 saturated carbocycles. The SMILES string of the molecule is Cc1c(OCc2ccccc2Cl)ccc(S(N)(=O)=O)c1C. The Morgan fingerprint density at radius 2 is 1.76 bits per heavy atom. The molecule has 0 spiro atoms. The Kier molecular flexibility index (Phi) is 4.56. The third-order valence-electron chi connectivity index (χ3n) is 3.34. The molecule has 0 bridgehead atoms. The molecule has 2 rings (SSSR count). The van der Waals surface area contributed by atoms with Crippen LogP contribution in [0.15, 0.2) is 41.3 Å². The Balaban J connectivity index is 2.27. The second kappa shape index (κ2) is 6.05. The van der Waals surface area contributed by atoms with E-state index in [0.717, 1.165) is 11.1 Å². The van der Waals surface area contributed by atoms with Crippen LogP contribution in [-0.4, -0.2) is 8.42 Å². The number of sulfonamides is 1. The van der Waals surface area contributed by atoms with Gasteiger partial charge in [-0.05, 0) is 43.2 Å². The maximum atomic E-state index is 11.5. The standard InChI is InChI=1S/C15H16ClNO3S/c1-10-11(2)15(21(17,18)19)8-7-14(10)20-9-12-5-3-4-6-13(12)16/h3-8H,9H2,1-2H3,(H2,17,18,19). The van der Waals surface area contributed by atoms with E-state index in [2.05, 4.69) is 0 Å². The number of nitrogens with two attached hydrogens (primary N) is 1. The normalized spacial score (nSPS) is 11.4. The summed E-state index contributed by atoms with van der Waals surface area (Å²) in [5.41, 5.74) is 2.20. The maximum Gasteiger partial charge on any atom is 0.238 e. The summed E-state index contributed by atoms with van der Waals surface area (Å²) in [5, 5.41) is 5.81. The van der Waals surface area contributed by atoms with E-state index < -0.39 is 10.0 Å². The summed E-state index contributed by atoms with van der Waals surface area (Å²) in [5.74, 6) is 0.611. The van der Waals surface area contributed by atoms with E-state index in [9.17, 15) is 8.42 Å². The van der Waals surface area contributed by atoms with Crippen LogP contribution in [0.25, 0.3) is 0 Å². The topological polar surface area (TPSA) is 69.4 Å². The molecule has 0 aliphatic carbocycles. The van der Waals surface area contributed by atoms with Gasteiger partial charge in [0.1, 0.15) is 12.4 Å². The van der Waals surface area contributed by atoms with Gasteiger partial charge in [-0.15, -0.1) is 0 Å². The molecule has 2 N–H and O–H groups in total. The van der Waals surface area contributed by atoms with Crippen LogP contribution in [0.2, 0.25) is 5.02 Å². The molecule has 0 radical (unpaired) electrons. The van der Waals surface area contributed by atoms with Crippen molar-refractivity contribution in [1.82, 2.24) is 0 Å². The van der Waals surface area contributed by atoms with Crippen molar-refractivity contribution in [3.8, 4) is 5.75 Å². The number of primary sulfonamides is 1. The van der Waals surface area contributed by atoms with Crippen molar-refractivity contribution in [2.75, 3.05) is 0 Å². The van der Waals surface area contributed by atoms with Crippen molar-refractivity contribution < 1.29 is 13.2 Å². The lowest BCUT2D eigenvalue weighted by molar-refractivity contribution is 0.303. The van der Waals surface area contributed by atoms with Crippen LogP contribution < -0.4 is 9.88 Å². The molecule has 0 fully saturated rings. The van der Waals surface area contributed by atoms with E-state index >= 15 is 0 Å². The highest BCUT2D eigenvalue weighted by atomic mass is 35.5. The fraction of sp³-hybridized carbons (Fsp3) is 0.200. The molecule has 0 aromatic heterocycles. The summed E-state index contributed by atoms with van der Waals surface area (Å²) < 4.78 is 28.7. The minimum absolute atomic E-state index is 0.116. The lowest BCUT2D eigenvalue weighted by atomic mass is 10.1.